The molecular formula is C19H21N3O4S. The molecule has 2 aliphatic rings. The Morgan fingerprint density at radius 2 is 1.96 bits per heavy atom. The van der Waals surface area contributed by atoms with Gasteiger partial charge in [-0.1, -0.05) is 24.2 Å². The van der Waals surface area contributed by atoms with Crippen LogP contribution in [0.2, 0.25) is 0 Å². The minimum absolute atomic E-state index is 0.203. The predicted octanol–water partition coefficient (Wildman–Crippen LogP) is 2.81. The Hall–Kier alpha value is -2.48. The van der Waals surface area contributed by atoms with Crippen LogP contribution in [0.4, 0.5) is 5.13 Å². The molecule has 4 rings (SSSR count). The van der Waals surface area contributed by atoms with Crippen molar-refractivity contribution in [2.75, 3.05) is 18.5 Å². The van der Waals surface area contributed by atoms with E-state index in [0.717, 1.165) is 46.5 Å². The number of likely N-dealkylation sites (tertiary alicyclic amines) is 1. The smallest absolute Gasteiger partial charge is 0.246 e. The minimum Gasteiger partial charge on any atom is -0.494 e. The van der Waals surface area contributed by atoms with Crippen molar-refractivity contribution in [1.82, 2.24) is 9.88 Å². The summed E-state index contributed by atoms with van der Waals surface area (Å²) in [4.78, 5) is 42.9. The molecule has 2 atom stereocenters. The standard InChI is InChI=1S/C19H21N3O4S/c1-2-26-11-7-8-14-15(9-11)27-19(20-14)21-16(23)10-22-17(24)12-5-3-4-6-13(12)18(22)25/h7-9,12-13H,2-6,10H2,1H3,(H,20,21,23)/t12-,13-/m0/s1. The van der Waals surface area contributed by atoms with E-state index < -0.39 is 5.91 Å². The summed E-state index contributed by atoms with van der Waals surface area (Å²) in [5, 5.41) is 3.16. The van der Waals surface area contributed by atoms with Crippen LogP contribution in [0, 0.1) is 11.8 Å². The van der Waals surface area contributed by atoms with Gasteiger partial charge in [-0.3, -0.25) is 19.3 Å². The molecule has 2 heterocycles. The van der Waals surface area contributed by atoms with E-state index in [0.29, 0.717) is 11.7 Å². The molecule has 1 aliphatic heterocycles. The van der Waals surface area contributed by atoms with Crippen molar-refractivity contribution in [3.63, 3.8) is 0 Å². The van der Waals surface area contributed by atoms with E-state index in [1.165, 1.54) is 11.3 Å². The Bertz CT molecular complexity index is 885. The van der Waals surface area contributed by atoms with Crippen LogP contribution in [-0.4, -0.2) is 40.8 Å². The maximum atomic E-state index is 12.5. The van der Waals surface area contributed by atoms with Crippen molar-refractivity contribution in [2.24, 2.45) is 11.8 Å². The van der Waals surface area contributed by atoms with Crippen molar-refractivity contribution in [2.45, 2.75) is 32.6 Å². The van der Waals surface area contributed by atoms with Crippen molar-refractivity contribution >= 4 is 44.4 Å². The van der Waals surface area contributed by atoms with Gasteiger partial charge in [-0.25, -0.2) is 4.98 Å². The van der Waals surface area contributed by atoms with Gasteiger partial charge in [-0.2, -0.15) is 0 Å². The molecule has 1 aliphatic carbocycles. The van der Waals surface area contributed by atoms with Crippen LogP contribution in [0.15, 0.2) is 18.2 Å². The molecule has 1 aromatic heterocycles. The van der Waals surface area contributed by atoms with Gasteiger partial charge < -0.3 is 10.1 Å². The molecule has 142 valence electrons. The van der Waals surface area contributed by atoms with Crippen molar-refractivity contribution in [3.8, 4) is 5.75 Å². The van der Waals surface area contributed by atoms with Gasteiger partial charge in [-0.05, 0) is 38.0 Å². The van der Waals surface area contributed by atoms with E-state index in [1.807, 2.05) is 25.1 Å². The molecule has 7 nitrogen and oxygen atoms in total. The van der Waals surface area contributed by atoms with Crippen LogP contribution in [-0.2, 0) is 14.4 Å². The van der Waals surface area contributed by atoms with Crippen LogP contribution in [0.5, 0.6) is 5.75 Å². The van der Waals surface area contributed by atoms with E-state index >= 15 is 0 Å². The SMILES string of the molecule is CCOc1ccc2nc(NC(=O)CN3C(=O)[C@H]4CCCC[C@@H]4C3=O)sc2c1. The summed E-state index contributed by atoms with van der Waals surface area (Å²) in [5.74, 6) is -0.533. The van der Waals surface area contributed by atoms with Gasteiger partial charge in [0.15, 0.2) is 5.13 Å². The lowest BCUT2D eigenvalue weighted by Gasteiger charge is -2.19. The maximum Gasteiger partial charge on any atom is 0.246 e. The number of hydrogen-bond acceptors (Lipinski definition) is 6. The molecule has 0 unspecified atom stereocenters. The lowest BCUT2D eigenvalue weighted by molar-refractivity contribution is -0.142. The number of nitrogens with zero attached hydrogens (tertiary/aromatic N) is 2. The summed E-state index contributed by atoms with van der Waals surface area (Å²) in [6, 6.07) is 5.55. The van der Waals surface area contributed by atoms with Gasteiger partial charge in [0.1, 0.15) is 12.3 Å². The zero-order valence-electron chi connectivity index (χ0n) is 15.1. The molecule has 1 saturated carbocycles. The number of thiazole rings is 1. The molecule has 1 N–H and O–H groups in total. The second kappa shape index (κ2) is 7.26. The van der Waals surface area contributed by atoms with E-state index in [-0.39, 0.29) is 30.2 Å². The molecule has 27 heavy (non-hydrogen) atoms. The van der Waals surface area contributed by atoms with Crippen molar-refractivity contribution < 1.29 is 19.1 Å². The highest BCUT2D eigenvalue weighted by atomic mass is 32.1. The summed E-state index contributed by atoms with van der Waals surface area (Å²) in [5.41, 5.74) is 0.762. The number of hydrogen-bond donors (Lipinski definition) is 1. The number of rotatable bonds is 5. The average molecular weight is 387 g/mol. The summed E-state index contributed by atoms with van der Waals surface area (Å²) >= 11 is 1.33. The second-order valence-electron chi connectivity index (χ2n) is 6.89. The highest BCUT2D eigenvalue weighted by Gasteiger charge is 2.48. The normalized spacial score (nSPS) is 22.2. The molecule has 3 amide bonds. The predicted molar refractivity (Wildman–Crippen MR) is 102 cm³/mol. The topological polar surface area (TPSA) is 88.6 Å². The number of carbonyl (C=O) groups excluding carboxylic acids is 3. The number of amides is 3. The Morgan fingerprint density at radius 3 is 2.63 bits per heavy atom. The van der Waals surface area contributed by atoms with E-state index in [1.54, 1.807) is 0 Å². The number of nitrogens with one attached hydrogen (secondary N) is 1. The number of aromatic nitrogens is 1. The first kappa shape index (κ1) is 17.9. The number of anilines is 1. The Labute approximate surface area is 160 Å². The summed E-state index contributed by atoms with van der Waals surface area (Å²) < 4.78 is 6.37. The molecule has 0 bridgehead atoms. The van der Waals surface area contributed by atoms with E-state index in [2.05, 4.69) is 10.3 Å². The van der Waals surface area contributed by atoms with Gasteiger partial charge in [0.25, 0.3) is 0 Å². The quantitative estimate of drug-likeness (QED) is 0.797. The lowest BCUT2D eigenvalue weighted by atomic mass is 9.81. The van der Waals surface area contributed by atoms with Crippen molar-refractivity contribution in [3.05, 3.63) is 18.2 Å². The molecule has 2 fully saturated rings. The third-order valence-corrected chi connectivity index (χ3v) is 6.08. The first-order valence-corrected chi connectivity index (χ1v) is 10.1. The zero-order valence-corrected chi connectivity index (χ0v) is 15.9. The fraction of sp³-hybridized carbons (Fsp3) is 0.474. The van der Waals surface area contributed by atoms with E-state index in [4.69, 9.17) is 4.74 Å². The molecular weight excluding hydrogens is 366 g/mol. The maximum absolute atomic E-state index is 12.5. The molecule has 8 heteroatoms. The van der Waals surface area contributed by atoms with Gasteiger partial charge in [0, 0.05) is 0 Å². The molecule has 0 radical (unpaired) electrons. The average Bonchev–Trinajstić information content (AvgIpc) is 3.16. The lowest BCUT2D eigenvalue weighted by Crippen LogP contribution is -2.38. The van der Waals surface area contributed by atoms with Crippen LogP contribution in [0.1, 0.15) is 32.6 Å². The Morgan fingerprint density at radius 1 is 1.26 bits per heavy atom. The second-order valence-corrected chi connectivity index (χ2v) is 7.92. The fourth-order valence-electron chi connectivity index (χ4n) is 3.90. The van der Waals surface area contributed by atoms with Crippen LogP contribution in [0.3, 0.4) is 0 Å². The highest BCUT2D eigenvalue weighted by molar-refractivity contribution is 7.22. The van der Waals surface area contributed by atoms with E-state index in [9.17, 15) is 14.4 Å². The third kappa shape index (κ3) is 3.41. The number of imide groups is 1. The highest BCUT2D eigenvalue weighted by Crippen LogP contribution is 2.38. The van der Waals surface area contributed by atoms with Crippen LogP contribution < -0.4 is 10.1 Å². The van der Waals surface area contributed by atoms with Gasteiger partial charge >= 0.3 is 0 Å². The molecule has 1 saturated heterocycles. The van der Waals surface area contributed by atoms with Gasteiger partial charge in [-0.15, -0.1) is 0 Å². The third-order valence-electron chi connectivity index (χ3n) is 5.15. The first-order valence-electron chi connectivity index (χ1n) is 9.25. The summed E-state index contributed by atoms with van der Waals surface area (Å²) in [6.45, 7) is 2.25. The van der Waals surface area contributed by atoms with Crippen molar-refractivity contribution in [1.29, 1.82) is 0 Å². The largest absolute Gasteiger partial charge is 0.494 e. The number of ether oxygens (including phenoxy) is 1. The Kier molecular flexibility index (Phi) is 4.82. The van der Waals surface area contributed by atoms with Gasteiger partial charge in [0.05, 0.1) is 28.7 Å². The molecule has 1 aromatic carbocycles. The number of benzene rings is 1. The Balaban J connectivity index is 1.44. The van der Waals surface area contributed by atoms with Gasteiger partial charge in [0.2, 0.25) is 17.7 Å². The molecule has 2 aromatic rings. The van der Waals surface area contributed by atoms with Crippen LogP contribution in [0.25, 0.3) is 10.2 Å². The fourth-order valence-corrected chi connectivity index (χ4v) is 4.81. The number of carbonyl (C=O) groups is 3. The minimum atomic E-state index is -0.403. The summed E-state index contributed by atoms with van der Waals surface area (Å²) in [7, 11) is 0. The first-order chi connectivity index (χ1) is 13.1. The number of fused-ring (bicyclic) bond motifs is 2. The zero-order chi connectivity index (χ0) is 19.0. The monoisotopic (exact) mass is 387 g/mol. The summed E-state index contributed by atoms with van der Waals surface area (Å²) in [6.07, 6.45) is 3.42. The molecule has 0 spiro atoms. The van der Waals surface area contributed by atoms with Crippen LogP contribution >= 0.6 is 11.3 Å².